The van der Waals surface area contributed by atoms with Crippen LogP contribution in [0.2, 0.25) is 0 Å². The van der Waals surface area contributed by atoms with Gasteiger partial charge in [0.05, 0.1) is 6.04 Å². The first-order valence-corrected chi connectivity index (χ1v) is 11.2. The molecule has 0 fully saturated rings. The highest BCUT2D eigenvalue weighted by Gasteiger charge is 2.39. The van der Waals surface area contributed by atoms with Crippen LogP contribution in [0.25, 0.3) is 0 Å². The topological polar surface area (TPSA) is 75.0 Å². The summed E-state index contributed by atoms with van der Waals surface area (Å²) in [5.41, 5.74) is 0.634. The molecule has 0 saturated carbocycles. The maximum Gasteiger partial charge on any atom is 0.278 e. The molecule has 2 atom stereocenters. The summed E-state index contributed by atoms with van der Waals surface area (Å²) in [6, 6.07) is 14.6. The van der Waals surface area contributed by atoms with Gasteiger partial charge in [-0.2, -0.15) is 0 Å². The molecule has 2 bridgehead atoms. The number of hydrogen-bond acceptors (Lipinski definition) is 5. The Kier molecular flexibility index (Phi) is 5.57. The average molecular weight is 461 g/mol. The lowest BCUT2D eigenvalue weighted by Gasteiger charge is -2.45. The Hall–Kier alpha value is -4.07. The van der Waals surface area contributed by atoms with Crippen LogP contribution in [-0.2, 0) is 0 Å². The van der Waals surface area contributed by atoms with E-state index in [1.54, 1.807) is 23.1 Å². The number of rotatable bonds is 2. The van der Waals surface area contributed by atoms with Gasteiger partial charge in [-0.15, -0.1) is 0 Å². The minimum atomic E-state index is -0.639. The van der Waals surface area contributed by atoms with E-state index in [4.69, 9.17) is 4.74 Å². The van der Waals surface area contributed by atoms with E-state index in [0.29, 0.717) is 12.0 Å². The van der Waals surface area contributed by atoms with Crippen molar-refractivity contribution in [1.29, 1.82) is 0 Å². The van der Waals surface area contributed by atoms with E-state index >= 15 is 4.39 Å². The third kappa shape index (κ3) is 3.51. The van der Waals surface area contributed by atoms with Gasteiger partial charge in [0.25, 0.3) is 5.91 Å². The Morgan fingerprint density at radius 2 is 1.88 bits per heavy atom. The highest BCUT2D eigenvalue weighted by Crippen LogP contribution is 2.38. The summed E-state index contributed by atoms with van der Waals surface area (Å²) in [5.74, 6) is -1.44. The van der Waals surface area contributed by atoms with Crippen molar-refractivity contribution in [2.75, 3.05) is 18.3 Å². The number of nitrogens with zero attached hydrogens (tertiary/aromatic N) is 3. The van der Waals surface area contributed by atoms with Gasteiger partial charge in [0.2, 0.25) is 5.43 Å². The smallest absolute Gasteiger partial charge is 0.278 e. The molecule has 5 rings (SSSR count). The van der Waals surface area contributed by atoms with Crippen LogP contribution in [0, 0.1) is 5.82 Å². The number of benzene rings is 2. The third-order valence-electron chi connectivity index (χ3n) is 6.30. The minimum absolute atomic E-state index is 0.117. The molecule has 7 nitrogen and oxygen atoms in total. The van der Waals surface area contributed by atoms with Gasteiger partial charge in [-0.05, 0) is 24.1 Å². The molecule has 1 aromatic heterocycles. The number of carbonyl (C=O) groups excluding carboxylic acids is 1. The highest BCUT2D eigenvalue weighted by atomic mass is 19.1. The van der Waals surface area contributed by atoms with E-state index in [1.165, 1.54) is 23.0 Å². The number of aromatic hydroxyl groups is 1. The summed E-state index contributed by atoms with van der Waals surface area (Å²) >= 11 is 0. The Labute approximate surface area is 195 Å². The molecule has 0 spiro atoms. The number of amides is 1. The standard InChI is InChI=1S/C26H24FN3O4/c1-2-18-10-7-15-34-25-19(11-6-12-20(25)27)22(17-8-4-3-5-9-17)30-16-28(18)26(33)23-24(32)21(31)13-14-29(23)30/h3-14,18,22,32H,2,15-16H2,1H3/b10-7+/t18-,22+/m1/s1. The summed E-state index contributed by atoms with van der Waals surface area (Å²) in [5, 5.41) is 12.5. The number of hydrogen-bond donors (Lipinski definition) is 1. The van der Waals surface area contributed by atoms with Crippen LogP contribution in [0.15, 0.2) is 77.7 Å². The van der Waals surface area contributed by atoms with Crippen LogP contribution in [-0.4, -0.2) is 39.9 Å². The second-order valence-corrected chi connectivity index (χ2v) is 8.26. The van der Waals surface area contributed by atoms with Crippen molar-refractivity contribution in [3.8, 4) is 11.5 Å². The molecule has 34 heavy (non-hydrogen) atoms. The van der Waals surface area contributed by atoms with Crippen molar-refractivity contribution >= 4 is 5.91 Å². The molecule has 0 radical (unpaired) electrons. The quantitative estimate of drug-likeness (QED) is 0.591. The number of halogens is 1. The maximum absolute atomic E-state index is 15.0. The first-order valence-electron chi connectivity index (χ1n) is 11.2. The van der Waals surface area contributed by atoms with Crippen molar-refractivity contribution in [2.24, 2.45) is 0 Å². The van der Waals surface area contributed by atoms with Crippen LogP contribution in [0.1, 0.15) is 41.0 Å². The Morgan fingerprint density at radius 3 is 2.65 bits per heavy atom. The normalized spacial score (nSPS) is 20.6. The SMILES string of the molecule is CC[C@@H]1/C=C/COc2c(F)cccc2[C@H](c2ccccc2)N2CN1C(=O)c1c(O)c(=O)ccn12. The average Bonchev–Trinajstić information content (AvgIpc) is 2.87. The lowest BCUT2D eigenvalue weighted by molar-refractivity contribution is 0.0626. The second kappa shape index (κ2) is 8.70. The van der Waals surface area contributed by atoms with Crippen molar-refractivity contribution < 1.29 is 19.0 Å². The number of ether oxygens (including phenoxy) is 1. The van der Waals surface area contributed by atoms with E-state index in [-0.39, 0.29) is 30.8 Å². The fourth-order valence-electron chi connectivity index (χ4n) is 4.66. The minimum Gasteiger partial charge on any atom is -0.502 e. The van der Waals surface area contributed by atoms with Gasteiger partial charge >= 0.3 is 0 Å². The zero-order valence-corrected chi connectivity index (χ0v) is 18.6. The lowest BCUT2D eigenvalue weighted by Crippen LogP contribution is -2.57. The third-order valence-corrected chi connectivity index (χ3v) is 6.30. The highest BCUT2D eigenvalue weighted by molar-refractivity contribution is 5.96. The van der Waals surface area contributed by atoms with E-state index in [9.17, 15) is 14.7 Å². The summed E-state index contributed by atoms with van der Waals surface area (Å²) in [6.07, 6.45) is 5.68. The van der Waals surface area contributed by atoms with E-state index in [1.807, 2.05) is 48.3 Å². The number of aromatic nitrogens is 1. The van der Waals surface area contributed by atoms with Gasteiger partial charge in [0.1, 0.15) is 19.3 Å². The van der Waals surface area contributed by atoms with Gasteiger partial charge in [-0.25, -0.2) is 4.39 Å². The molecular formula is C26H24FN3O4. The van der Waals surface area contributed by atoms with Gasteiger partial charge < -0.3 is 14.7 Å². The Morgan fingerprint density at radius 1 is 1.09 bits per heavy atom. The molecule has 0 saturated heterocycles. The summed E-state index contributed by atoms with van der Waals surface area (Å²) in [7, 11) is 0. The van der Waals surface area contributed by atoms with Gasteiger partial charge in [0.15, 0.2) is 23.0 Å². The molecule has 8 heteroatoms. The Balaban J connectivity index is 1.83. The van der Waals surface area contributed by atoms with Crippen LogP contribution < -0.4 is 15.2 Å². The molecule has 2 aliphatic heterocycles. The summed E-state index contributed by atoms with van der Waals surface area (Å²) in [4.78, 5) is 27.4. The summed E-state index contributed by atoms with van der Waals surface area (Å²) < 4.78 is 22.4. The molecular weight excluding hydrogens is 437 g/mol. The van der Waals surface area contributed by atoms with Crippen molar-refractivity contribution in [2.45, 2.75) is 25.4 Å². The molecule has 3 heterocycles. The van der Waals surface area contributed by atoms with E-state index < -0.39 is 28.9 Å². The molecule has 0 unspecified atom stereocenters. The maximum atomic E-state index is 15.0. The molecule has 174 valence electrons. The number of para-hydroxylation sites is 1. The van der Waals surface area contributed by atoms with Gasteiger partial charge in [0, 0.05) is 17.8 Å². The predicted octanol–water partition coefficient (Wildman–Crippen LogP) is 3.56. The number of fused-ring (bicyclic) bond motifs is 5. The first-order chi connectivity index (χ1) is 16.5. The van der Waals surface area contributed by atoms with E-state index in [0.717, 1.165) is 5.56 Å². The largest absolute Gasteiger partial charge is 0.502 e. The monoisotopic (exact) mass is 461 g/mol. The predicted molar refractivity (Wildman–Crippen MR) is 125 cm³/mol. The first kappa shape index (κ1) is 21.8. The lowest BCUT2D eigenvalue weighted by atomic mass is 9.96. The molecule has 1 amide bonds. The summed E-state index contributed by atoms with van der Waals surface area (Å²) in [6.45, 7) is 2.22. The zero-order chi connectivity index (χ0) is 23.8. The molecule has 3 aromatic rings. The fourth-order valence-corrected chi connectivity index (χ4v) is 4.66. The van der Waals surface area contributed by atoms with Gasteiger partial charge in [-0.3, -0.25) is 19.3 Å². The van der Waals surface area contributed by atoms with E-state index in [2.05, 4.69) is 0 Å². The molecule has 2 aliphatic rings. The Bertz CT molecular complexity index is 1320. The molecule has 0 aliphatic carbocycles. The van der Waals surface area contributed by atoms with Crippen LogP contribution >= 0.6 is 0 Å². The fraction of sp³-hybridized carbons (Fsp3) is 0.231. The van der Waals surface area contributed by atoms with Crippen molar-refractivity contribution in [1.82, 2.24) is 9.58 Å². The van der Waals surface area contributed by atoms with Crippen molar-refractivity contribution in [3.63, 3.8) is 0 Å². The van der Waals surface area contributed by atoms with Crippen LogP contribution in [0.4, 0.5) is 4.39 Å². The zero-order valence-electron chi connectivity index (χ0n) is 18.6. The van der Waals surface area contributed by atoms with Crippen LogP contribution in [0.5, 0.6) is 11.5 Å². The van der Waals surface area contributed by atoms with Crippen molar-refractivity contribution in [3.05, 3.63) is 106 Å². The second-order valence-electron chi connectivity index (χ2n) is 8.26. The number of pyridine rings is 1. The van der Waals surface area contributed by atoms with Gasteiger partial charge in [-0.1, -0.05) is 55.5 Å². The van der Waals surface area contributed by atoms with Crippen LogP contribution in [0.3, 0.4) is 0 Å². The molecule has 1 N–H and O–H groups in total. The molecule has 2 aromatic carbocycles. The number of carbonyl (C=O) groups is 1.